The van der Waals surface area contributed by atoms with Crippen molar-refractivity contribution in [2.75, 3.05) is 27.8 Å². The normalized spacial score (nSPS) is 18.9. The van der Waals surface area contributed by atoms with Gasteiger partial charge in [0.1, 0.15) is 17.2 Å². The molecule has 0 saturated heterocycles. The van der Waals surface area contributed by atoms with Crippen molar-refractivity contribution in [2.45, 2.75) is 18.9 Å². The third-order valence-corrected chi connectivity index (χ3v) is 5.02. The Hall–Kier alpha value is -2.40. The molecule has 1 atom stereocenters. The number of hydrogen-bond donors (Lipinski definition) is 1. The van der Waals surface area contributed by atoms with Crippen molar-refractivity contribution in [1.29, 1.82) is 0 Å². The van der Waals surface area contributed by atoms with Crippen molar-refractivity contribution in [2.24, 2.45) is 0 Å². The van der Waals surface area contributed by atoms with Crippen LogP contribution in [0.25, 0.3) is 0 Å². The summed E-state index contributed by atoms with van der Waals surface area (Å²) in [5.74, 6) is 2.79. The smallest absolute Gasteiger partial charge is 0.172 e. The Morgan fingerprint density at radius 3 is 2.54 bits per heavy atom. The summed E-state index contributed by atoms with van der Waals surface area (Å²) in [4.78, 5) is 2.34. The standard InChI is InChI=1S/C19H21NO4/c1-20-5-4-11-6-14(23-3)10-17-18(11)15(20)8-12-7-13(22-2)9-16(21)19(12)24-17/h6-7,9-10,15,21H,4-5,8H2,1-3H3. The van der Waals surface area contributed by atoms with Gasteiger partial charge in [-0.15, -0.1) is 0 Å². The molecule has 0 amide bonds. The van der Waals surface area contributed by atoms with Crippen LogP contribution in [0.5, 0.6) is 28.7 Å². The number of benzene rings is 2. The van der Waals surface area contributed by atoms with Gasteiger partial charge in [-0.3, -0.25) is 4.90 Å². The summed E-state index contributed by atoms with van der Waals surface area (Å²) in [6, 6.07) is 7.74. The van der Waals surface area contributed by atoms with Crippen molar-refractivity contribution in [1.82, 2.24) is 4.90 Å². The molecule has 0 radical (unpaired) electrons. The van der Waals surface area contributed by atoms with Crippen LogP contribution in [0.3, 0.4) is 0 Å². The first-order chi connectivity index (χ1) is 11.6. The second-order valence-corrected chi connectivity index (χ2v) is 6.39. The molecule has 2 aromatic carbocycles. The van der Waals surface area contributed by atoms with Gasteiger partial charge in [-0.2, -0.15) is 0 Å². The van der Waals surface area contributed by atoms with Crippen LogP contribution in [0, 0.1) is 0 Å². The van der Waals surface area contributed by atoms with Gasteiger partial charge in [0, 0.05) is 35.8 Å². The molecule has 5 nitrogen and oxygen atoms in total. The van der Waals surface area contributed by atoms with E-state index in [2.05, 4.69) is 18.0 Å². The second-order valence-electron chi connectivity index (χ2n) is 6.39. The Kier molecular flexibility index (Phi) is 3.53. The maximum absolute atomic E-state index is 10.4. The number of phenols is 1. The summed E-state index contributed by atoms with van der Waals surface area (Å²) in [5.41, 5.74) is 3.40. The summed E-state index contributed by atoms with van der Waals surface area (Å²) in [6.45, 7) is 0.982. The highest BCUT2D eigenvalue weighted by Gasteiger charge is 2.33. The van der Waals surface area contributed by atoms with Gasteiger partial charge in [-0.05, 0) is 37.6 Å². The number of likely N-dealkylation sites (N-methyl/N-ethyl adjacent to an activating group) is 1. The van der Waals surface area contributed by atoms with Crippen LogP contribution in [-0.4, -0.2) is 37.8 Å². The second kappa shape index (κ2) is 5.60. The lowest BCUT2D eigenvalue weighted by Crippen LogP contribution is -2.33. The zero-order valence-electron chi connectivity index (χ0n) is 14.1. The molecule has 2 aromatic rings. The van der Waals surface area contributed by atoms with E-state index in [9.17, 15) is 5.11 Å². The first-order valence-electron chi connectivity index (χ1n) is 8.09. The fraction of sp³-hybridized carbons (Fsp3) is 0.368. The van der Waals surface area contributed by atoms with Gasteiger partial charge in [0.15, 0.2) is 11.5 Å². The van der Waals surface area contributed by atoms with Gasteiger partial charge in [0.05, 0.1) is 14.2 Å². The molecule has 0 fully saturated rings. The fourth-order valence-corrected chi connectivity index (χ4v) is 3.72. The molecular weight excluding hydrogens is 306 g/mol. The minimum absolute atomic E-state index is 0.0993. The van der Waals surface area contributed by atoms with Gasteiger partial charge in [-0.25, -0.2) is 0 Å². The highest BCUT2D eigenvalue weighted by atomic mass is 16.5. The monoisotopic (exact) mass is 327 g/mol. The number of hydrogen-bond acceptors (Lipinski definition) is 5. The van der Waals surface area contributed by atoms with E-state index in [0.29, 0.717) is 11.5 Å². The summed E-state index contributed by atoms with van der Waals surface area (Å²) in [5, 5.41) is 10.4. The average molecular weight is 327 g/mol. The summed E-state index contributed by atoms with van der Waals surface area (Å²) in [6.07, 6.45) is 1.73. The van der Waals surface area contributed by atoms with Crippen molar-refractivity contribution in [3.8, 4) is 28.7 Å². The minimum atomic E-state index is 0.0993. The largest absolute Gasteiger partial charge is 0.504 e. The van der Waals surface area contributed by atoms with Crippen LogP contribution in [0.2, 0.25) is 0 Å². The lowest BCUT2D eigenvalue weighted by molar-refractivity contribution is 0.228. The average Bonchev–Trinajstić information content (AvgIpc) is 2.76. The van der Waals surface area contributed by atoms with E-state index in [1.165, 1.54) is 11.1 Å². The van der Waals surface area contributed by atoms with Gasteiger partial charge < -0.3 is 19.3 Å². The van der Waals surface area contributed by atoms with E-state index < -0.39 is 0 Å². The first-order valence-corrected chi connectivity index (χ1v) is 8.09. The molecule has 0 saturated carbocycles. The van der Waals surface area contributed by atoms with Gasteiger partial charge in [0.2, 0.25) is 0 Å². The van der Waals surface area contributed by atoms with E-state index >= 15 is 0 Å². The van der Waals surface area contributed by atoms with E-state index in [4.69, 9.17) is 14.2 Å². The van der Waals surface area contributed by atoms with Crippen molar-refractivity contribution in [3.63, 3.8) is 0 Å². The molecule has 0 aromatic heterocycles. The van der Waals surface area contributed by atoms with Crippen LogP contribution >= 0.6 is 0 Å². The molecule has 4 rings (SSSR count). The van der Waals surface area contributed by atoms with Gasteiger partial charge in [-0.1, -0.05) is 0 Å². The molecule has 2 aliphatic rings. The summed E-state index contributed by atoms with van der Waals surface area (Å²) < 4.78 is 16.9. The molecule has 24 heavy (non-hydrogen) atoms. The van der Waals surface area contributed by atoms with E-state index in [1.54, 1.807) is 20.3 Å². The maximum Gasteiger partial charge on any atom is 0.172 e. The number of phenolic OH excluding ortho intramolecular Hbond substituents is 1. The number of fused-ring (bicyclic) bond motifs is 1. The maximum atomic E-state index is 10.4. The molecule has 0 spiro atoms. The molecule has 0 aliphatic carbocycles. The molecule has 1 unspecified atom stereocenters. The third-order valence-electron chi connectivity index (χ3n) is 5.02. The Balaban J connectivity index is 1.92. The Morgan fingerprint density at radius 1 is 1.08 bits per heavy atom. The molecule has 1 N–H and O–H groups in total. The first kappa shape index (κ1) is 15.1. The number of aromatic hydroxyl groups is 1. The predicted octanol–water partition coefficient (Wildman–Crippen LogP) is 3.29. The number of nitrogens with zero attached hydrogens (tertiary/aromatic N) is 1. The number of rotatable bonds is 2. The van der Waals surface area contributed by atoms with Crippen molar-refractivity contribution >= 4 is 0 Å². The van der Waals surface area contributed by atoms with Crippen LogP contribution in [0.1, 0.15) is 22.7 Å². The van der Waals surface area contributed by atoms with Gasteiger partial charge in [0.25, 0.3) is 0 Å². The van der Waals surface area contributed by atoms with E-state index in [0.717, 1.165) is 36.4 Å². The van der Waals surface area contributed by atoms with Crippen LogP contribution in [0.15, 0.2) is 24.3 Å². The Morgan fingerprint density at radius 2 is 1.79 bits per heavy atom. The molecule has 5 heteroatoms. The zero-order chi connectivity index (χ0) is 16.8. The zero-order valence-corrected chi connectivity index (χ0v) is 14.1. The lowest BCUT2D eigenvalue weighted by Gasteiger charge is -2.34. The summed E-state index contributed by atoms with van der Waals surface area (Å²) in [7, 11) is 5.39. The lowest BCUT2D eigenvalue weighted by atomic mass is 9.88. The highest BCUT2D eigenvalue weighted by Crippen LogP contribution is 2.49. The van der Waals surface area contributed by atoms with E-state index in [-0.39, 0.29) is 11.8 Å². The molecule has 2 aliphatic heterocycles. The van der Waals surface area contributed by atoms with Crippen LogP contribution < -0.4 is 14.2 Å². The predicted molar refractivity (Wildman–Crippen MR) is 90.5 cm³/mol. The SMILES string of the molecule is COc1cc(O)c2c(c1)CC1c3c(cc(OC)cc3O2)CCN1C. The molecule has 2 heterocycles. The molecule has 126 valence electrons. The molecule has 0 bridgehead atoms. The highest BCUT2D eigenvalue weighted by molar-refractivity contribution is 5.59. The molecular formula is C19H21NO4. The van der Waals surface area contributed by atoms with Crippen molar-refractivity contribution in [3.05, 3.63) is 41.0 Å². The van der Waals surface area contributed by atoms with E-state index in [1.807, 2.05) is 12.1 Å². The van der Waals surface area contributed by atoms with Crippen molar-refractivity contribution < 1.29 is 19.3 Å². The number of ether oxygens (including phenoxy) is 3. The van der Waals surface area contributed by atoms with Gasteiger partial charge >= 0.3 is 0 Å². The van der Waals surface area contributed by atoms with Crippen LogP contribution in [-0.2, 0) is 12.8 Å². The fourth-order valence-electron chi connectivity index (χ4n) is 3.72. The third kappa shape index (κ3) is 2.27. The number of methoxy groups -OCH3 is 2. The topological polar surface area (TPSA) is 51.2 Å². The summed E-state index contributed by atoms with van der Waals surface area (Å²) >= 11 is 0. The quantitative estimate of drug-likeness (QED) is 0.917. The Labute approximate surface area is 141 Å². The van der Waals surface area contributed by atoms with Crippen LogP contribution in [0.4, 0.5) is 0 Å². The minimum Gasteiger partial charge on any atom is -0.504 e. The Bertz CT molecular complexity index is 802.